The molecule has 1 saturated carbocycles. The van der Waals surface area contributed by atoms with Gasteiger partial charge in [-0.3, -0.25) is 14.1 Å². The van der Waals surface area contributed by atoms with Crippen LogP contribution in [0.3, 0.4) is 0 Å². The third kappa shape index (κ3) is 2.53. The molecular weight excluding hydrogens is 282 g/mol. The van der Waals surface area contributed by atoms with Crippen LogP contribution in [0.4, 0.5) is 0 Å². The lowest BCUT2D eigenvalue weighted by molar-refractivity contribution is 0.0537. The fourth-order valence-corrected chi connectivity index (χ4v) is 4.84. The highest BCUT2D eigenvalue weighted by Crippen LogP contribution is 2.35. The number of hydrogen-bond acceptors (Lipinski definition) is 4. The summed E-state index contributed by atoms with van der Waals surface area (Å²) in [4.78, 5) is 20.2. The Hall–Kier alpha value is -1.20. The van der Waals surface area contributed by atoms with Crippen molar-refractivity contribution in [2.24, 2.45) is 5.92 Å². The summed E-state index contributed by atoms with van der Waals surface area (Å²) in [6, 6.07) is 2.43. The number of fused-ring (bicyclic) bond motifs is 2. The Labute approximate surface area is 128 Å². The summed E-state index contributed by atoms with van der Waals surface area (Å²) in [5.74, 6) is 0.874. The van der Waals surface area contributed by atoms with Crippen LogP contribution in [0.15, 0.2) is 22.4 Å². The Bertz CT molecular complexity index is 690. The topological polar surface area (TPSA) is 37.6 Å². The van der Waals surface area contributed by atoms with E-state index in [-0.39, 0.29) is 5.56 Å². The second-order valence-electron chi connectivity index (χ2n) is 6.37. The van der Waals surface area contributed by atoms with Crippen molar-refractivity contribution in [1.29, 1.82) is 0 Å². The van der Waals surface area contributed by atoms with E-state index in [1.165, 1.54) is 49.9 Å². The summed E-state index contributed by atoms with van der Waals surface area (Å²) in [7, 11) is 0. The van der Waals surface area contributed by atoms with Gasteiger partial charge in [-0.1, -0.05) is 12.8 Å². The smallest absolute Gasteiger partial charge is 0.258 e. The molecule has 2 atom stereocenters. The Morgan fingerprint density at radius 2 is 2.10 bits per heavy atom. The van der Waals surface area contributed by atoms with E-state index in [0.717, 1.165) is 35.7 Å². The lowest BCUT2D eigenvalue weighted by Crippen LogP contribution is -2.46. The van der Waals surface area contributed by atoms with Crippen molar-refractivity contribution >= 4 is 16.3 Å². The highest BCUT2D eigenvalue weighted by Gasteiger charge is 2.33. The van der Waals surface area contributed by atoms with Crippen molar-refractivity contribution in [3.63, 3.8) is 0 Å². The molecule has 0 amide bonds. The molecule has 2 aromatic heterocycles. The molecule has 3 heterocycles. The molecule has 4 rings (SSSR count). The van der Waals surface area contributed by atoms with Crippen LogP contribution < -0.4 is 5.56 Å². The molecule has 0 unspecified atom stereocenters. The van der Waals surface area contributed by atoms with Gasteiger partial charge in [-0.25, -0.2) is 4.98 Å². The zero-order valence-corrected chi connectivity index (χ0v) is 13.0. The van der Waals surface area contributed by atoms with E-state index in [2.05, 4.69) is 9.88 Å². The van der Waals surface area contributed by atoms with Gasteiger partial charge in [-0.15, -0.1) is 11.3 Å². The lowest BCUT2D eigenvalue weighted by atomic mass is 9.78. The first-order chi connectivity index (χ1) is 10.3. The van der Waals surface area contributed by atoms with Gasteiger partial charge in [0.25, 0.3) is 5.56 Å². The van der Waals surface area contributed by atoms with Gasteiger partial charge >= 0.3 is 0 Å². The van der Waals surface area contributed by atoms with Crippen LogP contribution >= 0.6 is 11.3 Å². The van der Waals surface area contributed by atoms with Gasteiger partial charge in [0.15, 0.2) is 4.96 Å². The number of rotatable bonds is 2. The number of thiazole rings is 1. The van der Waals surface area contributed by atoms with Crippen molar-refractivity contribution in [3.05, 3.63) is 33.7 Å². The zero-order valence-electron chi connectivity index (χ0n) is 12.2. The summed E-state index contributed by atoms with van der Waals surface area (Å²) >= 11 is 1.53. The first-order valence-electron chi connectivity index (χ1n) is 8.01. The number of piperidine rings is 1. The van der Waals surface area contributed by atoms with Gasteiger partial charge in [0.05, 0.1) is 5.69 Å². The summed E-state index contributed by atoms with van der Waals surface area (Å²) < 4.78 is 1.63. The Morgan fingerprint density at radius 1 is 1.24 bits per heavy atom. The van der Waals surface area contributed by atoms with Crippen LogP contribution in [-0.4, -0.2) is 26.9 Å². The Balaban J connectivity index is 1.59. The number of hydrogen-bond donors (Lipinski definition) is 0. The van der Waals surface area contributed by atoms with Crippen molar-refractivity contribution in [2.75, 3.05) is 6.54 Å². The Morgan fingerprint density at radius 3 is 3.05 bits per heavy atom. The maximum atomic E-state index is 12.1. The molecule has 21 heavy (non-hydrogen) atoms. The van der Waals surface area contributed by atoms with E-state index >= 15 is 0 Å². The third-order valence-electron chi connectivity index (χ3n) is 5.08. The highest BCUT2D eigenvalue weighted by molar-refractivity contribution is 7.15. The third-order valence-corrected chi connectivity index (χ3v) is 5.84. The minimum absolute atomic E-state index is 0.0495. The van der Waals surface area contributed by atoms with Gasteiger partial charge in [0.1, 0.15) is 0 Å². The van der Waals surface area contributed by atoms with E-state index in [0.29, 0.717) is 0 Å². The lowest BCUT2D eigenvalue weighted by Gasteiger charge is -2.44. The highest BCUT2D eigenvalue weighted by atomic mass is 32.1. The fraction of sp³-hybridized carbons (Fsp3) is 0.625. The minimum Gasteiger partial charge on any atom is -0.294 e. The molecule has 5 heteroatoms. The van der Waals surface area contributed by atoms with Crippen LogP contribution in [0, 0.1) is 5.92 Å². The summed E-state index contributed by atoms with van der Waals surface area (Å²) in [6.07, 6.45) is 9.96. The van der Waals surface area contributed by atoms with Crippen molar-refractivity contribution in [1.82, 2.24) is 14.3 Å². The minimum atomic E-state index is 0.0495. The van der Waals surface area contributed by atoms with Gasteiger partial charge in [-0.2, -0.15) is 0 Å². The number of aromatic nitrogens is 2. The Kier molecular flexibility index (Phi) is 3.55. The quantitative estimate of drug-likeness (QED) is 0.856. The molecule has 2 aliphatic rings. The van der Waals surface area contributed by atoms with E-state index < -0.39 is 0 Å². The largest absolute Gasteiger partial charge is 0.294 e. The predicted octanol–water partition coefficient (Wildman–Crippen LogP) is 2.91. The summed E-state index contributed by atoms with van der Waals surface area (Å²) in [5, 5.41) is 1.92. The second kappa shape index (κ2) is 5.54. The van der Waals surface area contributed by atoms with Crippen molar-refractivity contribution < 1.29 is 0 Å². The van der Waals surface area contributed by atoms with Crippen LogP contribution in [0.1, 0.15) is 44.2 Å². The molecule has 0 spiro atoms. The van der Waals surface area contributed by atoms with Crippen LogP contribution in [-0.2, 0) is 6.54 Å². The second-order valence-corrected chi connectivity index (χ2v) is 7.24. The molecule has 2 aromatic rings. The molecule has 1 aliphatic carbocycles. The zero-order chi connectivity index (χ0) is 14.2. The average Bonchev–Trinajstić information content (AvgIpc) is 2.97. The maximum absolute atomic E-state index is 12.1. The molecule has 1 aliphatic heterocycles. The van der Waals surface area contributed by atoms with Gasteiger partial charge < -0.3 is 0 Å². The first kappa shape index (κ1) is 13.5. The van der Waals surface area contributed by atoms with E-state index in [1.807, 2.05) is 5.38 Å². The van der Waals surface area contributed by atoms with E-state index in [9.17, 15) is 4.79 Å². The van der Waals surface area contributed by atoms with Gasteiger partial charge in [-0.05, 0) is 38.1 Å². The molecular formula is C16H21N3OS. The molecule has 0 bridgehead atoms. The predicted molar refractivity (Wildman–Crippen MR) is 84.7 cm³/mol. The fourth-order valence-electron chi connectivity index (χ4n) is 4.10. The van der Waals surface area contributed by atoms with E-state index in [1.54, 1.807) is 16.7 Å². The average molecular weight is 303 g/mol. The molecule has 4 nitrogen and oxygen atoms in total. The van der Waals surface area contributed by atoms with Gasteiger partial charge in [0.2, 0.25) is 0 Å². The summed E-state index contributed by atoms with van der Waals surface area (Å²) in [5.41, 5.74) is 0.988. The molecule has 0 radical (unpaired) electrons. The molecule has 1 saturated heterocycles. The standard InChI is InChI=1S/C16H21N3OS/c20-15-10-13(17-16-19(15)8-9-21-16)11-18-7-3-5-12-4-1-2-6-14(12)18/h8-10,12,14H,1-7,11H2/t12-,14-/m1/s1. The normalized spacial score (nSPS) is 26.9. The number of likely N-dealkylation sites (tertiary alicyclic amines) is 1. The monoisotopic (exact) mass is 303 g/mol. The van der Waals surface area contributed by atoms with Crippen LogP contribution in [0.5, 0.6) is 0 Å². The van der Waals surface area contributed by atoms with Crippen molar-refractivity contribution in [2.45, 2.75) is 51.1 Å². The molecule has 0 N–H and O–H groups in total. The van der Waals surface area contributed by atoms with Crippen LogP contribution in [0.2, 0.25) is 0 Å². The molecule has 0 aromatic carbocycles. The van der Waals surface area contributed by atoms with Gasteiger partial charge in [0, 0.05) is 30.2 Å². The SMILES string of the molecule is O=c1cc(CN2CCC[C@H]3CCCC[C@H]32)nc2sccn12. The van der Waals surface area contributed by atoms with Crippen LogP contribution in [0.25, 0.3) is 4.96 Å². The van der Waals surface area contributed by atoms with E-state index in [4.69, 9.17) is 0 Å². The van der Waals surface area contributed by atoms with Crippen molar-refractivity contribution in [3.8, 4) is 0 Å². The summed E-state index contributed by atoms with van der Waals surface area (Å²) in [6.45, 7) is 2.00. The molecule has 2 fully saturated rings. The first-order valence-corrected chi connectivity index (χ1v) is 8.89. The number of nitrogens with zero attached hydrogens (tertiary/aromatic N) is 3. The molecule has 112 valence electrons. The maximum Gasteiger partial charge on any atom is 0.258 e.